The number of rotatable bonds is 0. The fourth-order valence-corrected chi connectivity index (χ4v) is 2.61. The van der Waals surface area contributed by atoms with Gasteiger partial charge in [0.25, 0.3) is 0 Å². The van der Waals surface area contributed by atoms with Crippen LogP contribution < -0.4 is 11.5 Å². The highest BCUT2D eigenvalue weighted by atomic mass is 32.1. The van der Waals surface area contributed by atoms with E-state index < -0.39 is 0 Å². The molecule has 70 valence electrons. The lowest BCUT2D eigenvalue weighted by atomic mass is 10.2. The van der Waals surface area contributed by atoms with Crippen molar-refractivity contribution in [3.63, 3.8) is 0 Å². The Hall–Kier alpha value is -1.68. The van der Waals surface area contributed by atoms with E-state index in [9.17, 15) is 0 Å². The maximum atomic E-state index is 5.77. The van der Waals surface area contributed by atoms with Crippen molar-refractivity contribution in [1.82, 2.24) is 4.98 Å². The van der Waals surface area contributed by atoms with E-state index in [4.69, 9.17) is 11.5 Å². The van der Waals surface area contributed by atoms with Gasteiger partial charge in [0, 0.05) is 21.0 Å². The lowest BCUT2D eigenvalue weighted by Gasteiger charge is -1.90. The molecule has 2 heterocycles. The number of hydrogen-bond acceptors (Lipinski definition) is 3. The van der Waals surface area contributed by atoms with Gasteiger partial charge in [-0.15, -0.1) is 11.3 Å². The van der Waals surface area contributed by atoms with Crippen LogP contribution in [0.4, 0.5) is 10.8 Å². The molecule has 0 aliphatic heterocycles. The fourth-order valence-electron chi connectivity index (χ4n) is 1.76. The molecule has 0 spiro atoms. The minimum absolute atomic E-state index is 0.692. The van der Waals surface area contributed by atoms with E-state index in [-0.39, 0.29) is 0 Å². The Morgan fingerprint density at radius 3 is 2.79 bits per heavy atom. The SMILES string of the molecule is Nc1cc2c(ccc3sc(N)cc32)[nH]1. The summed E-state index contributed by atoms with van der Waals surface area (Å²) in [4.78, 5) is 3.10. The van der Waals surface area contributed by atoms with Crippen LogP contribution in [0.2, 0.25) is 0 Å². The van der Waals surface area contributed by atoms with Gasteiger partial charge >= 0.3 is 0 Å². The molecule has 4 heteroatoms. The number of benzene rings is 1. The van der Waals surface area contributed by atoms with Gasteiger partial charge in [-0.05, 0) is 24.3 Å². The van der Waals surface area contributed by atoms with Crippen molar-refractivity contribution in [3.05, 3.63) is 24.3 Å². The molecule has 0 bridgehead atoms. The van der Waals surface area contributed by atoms with Crippen LogP contribution in [0.5, 0.6) is 0 Å². The summed E-state index contributed by atoms with van der Waals surface area (Å²) >= 11 is 1.60. The topological polar surface area (TPSA) is 67.8 Å². The zero-order valence-electron chi connectivity index (χ0n) is 7.37. The largest absolute Gasteiger partial charge is 0.391 e. The van der Waals surface area contributed by atoms with Crippen molar-refractivity contribution in [1.29, 1.82) is 0 Å². The average molecular weight is 203 g/mol. The van der Waals surface area contributed by atoms with E-state index in [2.05, 4.69) is 11.1 Å². The molecule has 3 rings (SSSR count). The van der Waals surface area contributed by atoms with E-state index in [1.807, 2.05) is 18.2 Å². The van der Waals surface area contributed by atoms with Crippen molar-refractivity contribution < 1.29 is 0 Å². The molecule has 3 aromatic rings. The van der Waals surface area contributed by atoms with E-state index in [0.717, 1.165) is 15.9 Å². The third-order valence-electron chi connectivity index (χ3n) is 2.34. The van der Waals surface area contributed by atoms with Crippen molar-refractivity contribution in [2.24, 2.45) is 0 Å². The zero-order chi connectivity index (χ0) is 9.71. The van der Waals surface area contributed by atoms with Crippen molar-refractivity contribution in [3.8, 4) is 0 Å². The van der Waals surface area contributed by atoms with Gasteiger partial charge in [0.15, 0.2) is 0 Å². The van der Waals surface area contributed by atoms with Crippen LogP contribution >= 0.6 is 11.3 Å². The van der Waals surface area contributed by atoms with Crippen LogP contribution in [0.1, 0.15) is 0 Å². The zero-order valence-corrected chi connectivity index (χ0v) is 8.19. The molecule has 2 aromatic heterocycles. The van der Waals surface area contributed by atoms with Crippen LogP contribution in [-0.2, 0) is 0 Å². The second-order valence-corrected chi connectivity index (χ2v) is 4.43. The first-order valence-electron chi connectivity index (χ1n) is 4.30. The summed E-state index contributed by atoms with van der Waals surface area (Å²) in [5.74, 6) is 0.692. The van der Waals surface area contributed by atoms with Gasteiger partial charge in [-0.2, -0.15) is 0 Å². The van der Waals surface area contributed by atoms with Crippen LogP contribution in [-0.4, -0.2) is 4.98 Å². The summed E-state index contributed by atoms with van der Waals surface area (Å²) in [6, 6.07) is 8.04. The maximum absolute atomic E-state index is 5.77. The van der Waals surface area contributed by atoms with Crippen LogP contribution in [0.15, 0.2) is 24.3 Å². The summed E-state index contributed by atoms with van der Waals surface area (Å²) in [5.41, 5.74) is 12.5. The standard InChI is InChI=1S/C10H9N3S/c11-9-3-5-6-4-10(12)14-8(6)2-1-7(5)13-9/h1-4,13H,11-12H2. The fraction of sp³-hybridized carbons (Fsp3) is 0. The predicted molar refractivity (Wildman–Crippen MR) is 62.5 cm³/mol. The van der Waals surface area contributed by atoms with Gasteiger partial charge < -0.3 is 16.5 Å². The molecule has 0 atom stereocenters. The van der Waals surface area contributed by atoms with Crippen molar-refractivity contribution >= 4 is 43.1 Å². The normalized spacial score (nSPS) is 11.4. The van der Waals surface area contributed by atoms with Gasteiger partial charge in [-0.25, -0.2) is 0 Å². The van der Waals surface area contributed by atoms with Gasteiger partial charge in [-0.3, -0.25) is 0 Å². The summed E-state index contributed by atoms with van der Waals surface area (Å²) in [6.07, 6.45) is 0. The number of nitrogen functional groups attached to an aromatic ring is 2. The summed E-state index contributed by atoms with van der Waals surface area (Å²) in [7, 11) is 0. The first-order chi connectivity index (χ1) is 6.74. The molecule has 1 aromatic carbocycles. The van der Waals surface area contributed by atoms with E-state index >= 15 is 0 Å². The third kappa shape index (κ3) is 0.914. The number of nitrogens with two attached hydrogens (primary N) is 2. The molecule has 5 N–H and O–H groups in total. The number of anilines is 2. The first-order valence-corrected chi connectivity index (χ1v) is 5.12. The number of hydrogen-bond donors (Lipinski definition) is 3. The Labute approximate surface area is 84.3 Å². The smallest absolute Gasteiger partial charge is 0.101 e. The molecular weight excluding hydrogens is 194 g/mol. The van der Waals surface area contributed by atoms with Gasteiger partial charge in [0.1, 0.15) is 5.82 Å². The van der Waals surface area contributed by atoms with Crippen molar-refractivity contribution in [2.75, 3.05) is 11.5 Å². The summed E-state index contributed by atoms with van der Waals surface area (Å²) < 4.78 is 1.20. The molecule has 0 amide bonds. The second-order valence-electron chi connectivity index (χ2n) is 3.31. The van der Waals surface area contributed by atoms with E-state index in [1.54, 1.807) is 11.3 Å². The number of aromatic amines is 1. The van der Waals surface area contributed by atoms with Gasteiger partial charge in [0.2, 0.25) is 0 Å². The molecule has 14 heavy (non-hydrogen) atoms. The molecule has 0 aliphatic carbocycles. The molecule has 0 unspecified atom stereocenters. The molecule has 0 radical (unpaired) electrons. The molecule has 0 fully saturated rings. The second kappa shape index (κ2) is 2.42. The molecule has 0 saturated heterocycles. The molecule has 3 nitrogen and oxygen atoms in total. The highest BCUT2D eigenvalue weighted by molar-refractivity contribution is 7.22. The lowest BCUT2D eigenvalue weighted by molar-refractivity contribution is 1.48. The first kappa shape index (κ1) is 7.70. The van der Waals surface area contributed by atoms with Gasteiger partial charge in [0.05, 0.1) is 5.00 Å². The lowest BCUT2D eigenvalue weighted by Crippen LogP contribution is -1.80. The maximum Gasteiger partial charge on any atom is 0.101 e. The highest BCUT2D eigenvalue weighted by Gasteiger charge is 2.05. The molecular formula is C10H9N3S. The average Bonchev–Trinajstić information content (AvgIpc) is 2.65. The minimum Gasteiger partial charge on any atom is -0.391 e. The molecule has 0 aliphatic rings. The van der Waals surface area contributed by atoms with E-state index in [0.29, 0.717) is 5.82 Å². The number of nitrogens with one attached hydrogen (secondary N) is 1. The highest BCUT2D eigenvalue weighted by Crippen LogP contribution is 2.33. The van der Waals surface area contributed by atoms with Crippen LogP contribution in [0, 0.1) is 0 Å². The monoisotopic (exact) mass is 203 g/mol. The Balaban J connectivity index is 2.58. The Morgan fingerprint density at radius 2 is 1.93 bits per heavy atom. The van der Waals surface area contributed by atoms with Crippen LogP contribution in [0.25, 0.3) is 21.0 Å². The van der Waals surface area contributed by atoms with Crippen molar-refractivity contribution in [2.45, 2.75) is 0 Å². The number of aromatic nitrogens is 1. The summed E-state index contributed by atoms with van der Waals surface area (Å²) in [6.45, 7) is 0. The predicted octanol–water partition coefficient (Wildman–Crippen LogP) is 2.55. The van der Waals surface area contributed by atoms with Crippen LogP contribution in [0.3, 0.4) is 0 Å². The third-order valence-corrected chi connectivity index (χ3v) is 3.27. The molecule has 0 saturated carbocycles. The number of thiophene rings is 1. The Morgan fingerprint density at radius 1 is 1.07 bits per heavy atom. The minimum atomic E-state index is 0.692. The quantitative estimate of drug-likeness (QED) is 0.525. The van der Waals surface area contributed by atoms with E-state index in [1.165, 1.54) is 10.1 Å². The Bertz CT molecular complexity index is 565. The number of fused-ring (bicyclic) bond motifs is 3. The Kier molecular flexibility index (Phi) is 1.33. The summed E-state index contributed by atoms with van der Waals surface area (Å²) in [5, 5.41) is 3.16. The number of H-pyrrole nitrogens is 1. The van der Waals surface area contributed by atoms with Gasteiger partial charge in [-0.1, -0.05) is 0 Å².